The molecule has 2 aromatic heterocycles. The number of halogens is 1. The molecule has 100 valence electrons. The zero-order valence-electron chi connectivity index (χ0n) is 11.2. The number of rotatable bonds is 5. The molecule has 1 N–H and O–H groups in total. The molecule has 0 aliphatic carbocycles. The zero-order chi connectivity index (χ0) is 13.7. The van der Waals surface area contributed by atoms with Gasteiger partial charge in [0.1, 0.15) is 5.82 Å². The highest BCUT2D eigenvalue weighted by atomic mass is 79.9. The third-order valence-corrected chi connectivity index (χ3v) is 3.57. The molecular formula is C14H17BrN4. The molecule has 2 aromatic rings. The van der Waals surface area contributed by atoms with E-state index in [1.165, 1.54) is 0 Å². The number of nitrogens with one attached hydrogen (secondary N) is 1. The first kappa shape index (κ1) is 13.9. The zero-order valence-corrected chi connectivity index (χ0v) is 12.7. The summed E-state index contributed by atoms with van der Waals surface area (Å²) < 4.78 is 0.959. The van der Waals surface area contributed by atoms with E-state index < -0.39 is 0 Å². The molecule has 0 fully saturated rings. The molecule has 0 atom stereocenters. The number of aromatic nitrogens is 3. The lowest BCUT2D eigenvalue weighted by molar-refractivity contribution is 0.943. The molecule has 19 heavy (non-hydrogen) atoms. The van der Waals surface area contributed by atoms with E-state index in [-0.39, 0.29) is 0 Å². The van der Waals surface area contributed by atoms with Gasteiger partial charge < -0.3 is 5.32 Å². The van der Waals surface area contributed by atoms with Crippen LogP contribution in [0.25, 0.3) is 11.4 Å². The van der Waals surface area contributed by atoms with Crippen LogP contribution in [-0.4, -0.2) is 21.5 Å². The first-order chi connectivity index (χ1) is 9.26. The number of anilines is 1. The number of aryl methyl sites for hydroxylation is 1. The average Bonchev–Trinajstić information content (AvgIpc) is 2.47. The highest BCUT2D eigenvalue weighted by Crippen LogP contribution is 2.27. The highest BCUT2D eigenvalue weighted by molar-refractivity contribution is 9.10. The van der Waals surface area contributed by atoms with Crippen LogP contribution in [0.3, 0.4) is 0 Å². The third-order valence-electron chi connectivity index (χ3n) is 2.74. The number of nitrogens with zero attached hydrogens (tertiary/aromatic N) is 3. The maximum absolute atomic E-state index is 4.60. The Morgan fingerprint density at radius 1 is 1.16 bits per heavy atom. The lowest BCUT2D eigenvalue weighted by atomic mass is 10.2. The van der Waals surface area contributed by atoms with Crippen LogP contribution in [0.4, 0.5) is 5.82 Å². The van der Waals surface area contributed by atoms with Gasteiger partial charge in [0.05, 0.1) is 10.2 Å². The van der Waals surface area contributed by atoms with Crippen molar-refractivity contribution in [3.8, 4) is 11.4 Å². The smallest absolute Gasteiger partial charge is 0.161 e. The van der Waals surface area contributed by atoms with Gasteiger partial charge in [-0.15, -0.1) is 0 Å². The van der Waals surface area contributed by atoms with Crippen LogP contribution in [-0.2, 0) is 6.42 Å². The summed E-state index contributed by atoms with van der Waals surface area (Å²) in [5.41, 5.74) is 2.00. The molecule has 0 saturated carbocycles. The molecule has 0 amide bonds. The molecule has 0 bridgehead atoms. The second-order valence-corrected chi connectivity index (χ2v) is 4.97. The van der Waals surface area contributed by atoms with Crippen LogP contribution in [0, 0.1) is 0 Å². The maximum atomic E-state index is 4.60. The molecule has 0 unspecified atom stereocenters. The monoisotopic (exact) mass is 320 g/mol. The summed E-state index contributed by atoms with van der Waals surface area (Å²) in [7, 11) is 0. The summed E-state index contributed by atoms with van der Waals surface area (Å²) >= 11 is 3.58. The third kappa shape index (κ3) is 3.29. The van der Waals surface area contributed by atoms with E-state index in [9.17, 15) is 0 Å². The fraction of sp³-hybridized carbons (Fsp3) is 0.357. The fourth-order valence-electron chi connectivity index (χ4n) is 1.72. The minimum atomic E-state index is 0.737. The molecule has 0 saturated heterocycles. The van der Waals surface area contributed by atoms with Gasteiger partial charge in [-0.3, -0.25) is 4.98 Å². The number of hydrogen-bond acceptors (Lipinski definition) is 4. The summed E-state index contributed by atoms with van der Waals surface area (Å²) in [4.78, 5) is 13.2. The van der Waals surface area contributed by atoms with E-state index in [1.807, 2.05) is 12.1 Å². The maximum Gasteiger partial charge on any atom is 0.161 e. The van der Waals surface area contributed by atoms with Crippen LogP contribution >= 0.6 is 15.9 Å². The molecule has 5 heteroatoms. The van der Waals surface area contributed by atoms with E-state index in [1.54, 1.807) is 12.4 Å². The SMILES string of the molecule is CCCNc1nc(-c2ccncc2)nc(CC)c1Br. The highest BCUT2D eigenvalue weighted by Gasteiger charge is 2.11. The van der Waals surface area contributed by atoms with E-state index in [4.69, 9.17) is 0 Å². The topological polar surface area (TPSA) is 50.7 Å². The second kappa shape index (κ2) is 6.61. The van der Waals surface area contributed by atoms with Crippen LogP contribution in [0.1, 0.15) is 26.0 Å². The van der Waals surface area contributed by atoms with Gasteiger partial charge in [-0.05, 0) is 40.9 Å². The van der Waals surface area contributed by atoms with Crippen LogP contribution in [0.2, 0.25) is 0 Å². The van der Waals surface area contributed by atoms with Crippen molar-refractivity contribution < 1.29 is 0 Å². The van der Waals surface area contributed by atoms with Gasteiger partial charge in [-0.25, -0.2) is 9.97 Å². The van der Waals surface area contributed by atoms with Gasteiger partial charge in [-0.1, -0.05) is 13.8 Å². The number of pyridine rings is 1. The van der Waals surface area contributed by atoms with Gasteiger partial charge in [-0.2, -0.15) is 0 Å². The largest absolute Gasteiger partial charge is 0.369 e. The quantitative estimate of drug-likeness (QED) is 0.912. The molecule has 0 radical (unpaired) electrons. The van der Waals surface area contributed by atoms with Gasteiger partial charge in [0, 0.05) is 24.5 Å². The Morgan fingerprint density at radius 3 is 2.53 bits per heavy atom. The van der Waals surface area contributed by atoms with E-state index in [2.05, 4.69) is 50.0 Å². The predicted octanol–water partition coefficient (Wildman–Crippen LogP) is 3.69. The minimum absolute atomic E-state index is 0.737. The lowest BCUT2D eigenvalue weighted by Crippen LogP contribution is -2.07. The summed E-state index contributed by atoms with van der Waals surface area (Å²) in [6, 6.07) is 3.85. The minimum Gasteiger partial charge on any atom is -0.369 e. The molecule has 2 heterocycles. The normalized spacial score (nSPS) is 10.5. The van der Waals surface area contributed by atoms with Gasteiger partial charge >= 0.3 is 0 Å². The van der Waals surface area contributed by atoms with E-state index in [0.29, 0.717) is 0 Å². The molecule has 0 aliphatic heterocycles. The van der Waals surface area contributed by atoms with E-state index >= 15 is 0 Å². The van der Waals surface area contributed by atoms with Crippen molar-refractivity contribution in [1.29, 1.82) is 0 Å². The summed E-state index contributed by atoms with van der Waals surface area (Å²) in [5.74, 6) is 1.60. The summed E-state index contributed by atoms with van der Waals surface area (Å²) in [5, 5.41) is 3.33. The first-order valence-corrected chi connectivity index (χ1v) is 7.26. The lowest BCUT2D eigenvalue weighted by Gasteiger charge is -2.11. The Hall–Kier alpha value is -1.49. The van der Waals surface area contributed by atoms with Crippen molar-refractivity contribution in [2.45, 2.75) is 26.7 Å². The summed E-state index contributed by atoms with van der Waals surface area (Å²) in [6.45, 7) is 5.12. The van der Waals surface area contributed by atoms with Crippen molar-refractivity contribution in [2.75, 3.05) is 11.9 Å². The molecule has 2 rings (SSSR count). The average molecular weight is 321 g/mol. The summed E-state index contributed by atoms with van der Waals surface area (Å²) in [6.07, 6.45) is 5.43. The Kier molecular flexibility index (Phi) is 4.85. The molecule has 0 aromatic carbocycles. The van der Waals surface area contributed by atoms with Gasteiger partial charge in [0.25, 0.3) is 0 Å². The van der Waals surface area contributed by atoms with Gasteiger partial charge in [0.2, 0.25) is 0 Å². The Balaban J connectivity index is 2.45. The van der Waals surface area contributed by atoms with Crippen molar-refractivity contribution in [1.82, 2.24) is 15.0 Å². The van der Waals surface area contributed by atoms with Gasteiger partial charge in [0.15, 0.2) is 5.82 Å². The van der Waals surface area contributed by atoms with Crippen molar-refractivity contribution in [2.24, 2.45) is 0 Å². The number of hydrogen-bond donors (Lipinski definition) is 1. The van der Waals surface area contributed by atoms with Crippen LogP contribution < -0.4 is 5.32 Å². The Morgan fingerprint density at radius 2 is 1.89 bits per heavy atom. The molecule has 0 aliphatic rings. The fourth-order valence-corrected chi connectivity index (χ4v) is 2.32. The van der Waals surface area contributed by atoms with E-state index in [0.717, 1.165) is 46.8 Å². The first-order valence-electron chi connectivity index (χ1n) is 6.47. The standard InChI is InChI=1S/C14H17BrN4/c1-3-7-17-14-12(15)11(4-2)18-13(19-14)10-5-8-16-9-6-10/h5-6,8-9H,3-4,7H2,1-2H3,(H,17,18,19). The Bertz CT molecular complexity index is 543. The molecular weight excluding hydrogens is 304 g/mol. The second-order valence-electron chi connectivity index (χ2n) is 4.17. The Labute approximate surface area is 121 Å². The molecule has 4 nitrogen and oxygen atoms in total. The van der Waals surface area contributed by atoms with Crippen molar-refractivity contribution in [3.05, 3.63) is 34.7 Å². The predicted molar refractivity (Wildman–Crippen MR) is 81.1 cm³/mol. The molecule has 0 spiro atoms. The van der Waals surface area contributed by atoms with Crippen LogP contribution in [0.15, 0.2) is 29.0 Å². The van der Waals surface area contributed by atoms with Crippen molar-refractivity contribution >= 4 is 21.7 Å². The van der Waals surface area contributed by atoms with Crippen molar-refractivity contribution in [3.63, 3.8) is 0 Å². The van der Waals surface area contributed by atoms with Crippen LogP contribution in [0.5, 0.6) is 0 Å².